The summed E-state index contributed by atoms with van der Waals surface area (Å²) in [6.45, 7) is 6.23. The summed E-state index contributed by atoms with van der Waals surface area (Å²) < 4.78 is 5.07. The van der Waals surface area contributed by atoms with Gasteiger partial charge in [-0.15, -0.1) is 0 Å². The van der Waals surface area contributed by atoms with E-state index in [4.69, 9.17) is 16.3 Å². The Labute approximate surface area is 113 Å². The predicted octanol–water partition coefficient (Wildman–Crippen LogP) is 2.81. The Bertz CT molecular complexity index is 376. The van der Waals surface area contributed by atoms with E-state index in [9.17, 15) is 4.79 Å². The summed E-state index contributed by atoms with van der Waals surface area (Å²) in [5, 5.41) is 3.92. The number of nitrogens with one attached hydrogen (secondary N) is 1. The van der Waals surface area contributed by atoms with Crippen LogP contribution in [0.25, 0.3) is 0 Å². The molecule has 0 spiro atoms. The Morgan fingerprint density at radius 3 is 2.44 bits per heavy atom. The third kappa shape index (κ3) is 5.07. The molecule has 0 saturated carbocycles. The minimum atomic E-state index is -0.314. The zero-order valence-corrected chi connectivity index (χ0v) is 11.8. The second-order valence-electron chi connectivity index (χ2n) is 4.46. The molecule has 0 bridgehead atoms. The molecule has 3 nitrogen and oxygen atoms in total. The molecule has 0 aromatic heterocycles. The van der Waals surface area contributed by atoms with Gasteiger partial charge in [-0.3, -0.25) is 4.79 Å². The number of hydrogen-bond donors (Lipinski definition) is 1. The van der Waals surface area contributed by atoms with Gasteiger partial charge < -0.3 is 10.1 Å². The summed E-state index contributed by atoms with van der Waals surface area (Å²) in [4.78, 5) is 11.8. The molecule has 0 heterocycles. The summed E-state index contributed by atoms with van der Waals surface area (Å²) in [7, 11) is 0. The van der Waals surface area contributed by atoms with E-state index in [1.807, 2.05) is 45.0 Å². The monoisotopic (exact) mass is 269 g/mol. The zero-order chi connectivity index (χ0) is 13.5. The topological polar surface area (TPSA) is 38.3 Å². The van der Waals surface area contributed by atoms with E-state index in [1.54, 1.807) is 0 Å². The molecule has 1 N–H and O–H groups in total. The van der Waals surface area contributed by atoms with Crippen LogP contribution in [0.15, 0.2) is 24.3 Å². The van der Waals surface area contributed by atoms with Crippen LogP contribution in [0.3, 0.4) is 0 Å². The van der Waals surface area contributed by atoms with Crippen LogP contribution in [-0.2, 0) is 16.0 Å². The Morgan fingerprint density at radius 1 is 1.33 bits per heavy atom. The minimum Gasteiger partial charge on any atom is -0.465 e. The predicted molar refractivity (Wildman–Crippen MR) is 73.8 cm³/mol. The SMILES string of the molecule is CCOC(=O)C(Cc1ccc(Cl)cc1)NC(C)C. The van der Waals surface area contributed by atoms with Crippen LogP contribution >= 0.6 is 11.6 Å². The van der Waals surface area contributed by atoms with Gasteiger partial charge in [0, 0.05) is 11.1 Å². The third-order valence-corrected chi connectivity index (χ3v) is 2.71. The summed E-state index contributed by atoms with van der Waals surface area (Å²) >= 11 is 5.84. The molecule has 4 heteroatoms. The van der Waals surface area contributed by atoms with Crippen molar-refractivity contribution in [1.29, 1.82) is 0 Å². The molecule has 0 aliphatic carbocycles. The quantitative estimate of drug-likeness (QED) is 0.807. The molecule has 0 amide bonds. The summed E-state index contributed by atoms with van der Waals surface area (Å²) in [6, 6.07) is 7.42. The second kappa shape index (κ2) is 7.39. The summed E-state index contributed by atoms with van der Waals surface area (Å²) in [5.41, 5.74) is 1.06. The first kappa shape index (κ1) is 15.0. The van der Waals surface area contributed by atoms with Crippen LogP contribution in [0.5, 0.6) is 0 Å². The van der Waals surface area contributed by atoms with Gasteiger partial charge in [-0.2, -0.15) is 0 Å². The van der Waals surface area contributed by atoms with E-state index >= 15 is 0 Å². The lowest BCUT2D eigenvalue weighted by Gasteiger charge is -2.19. The van der Waals surface area contributed by atoms with Gasteiger partial charge in [0.25, 0.3) is 0 Å². The van der Waals surface area contributed by atoms with Crippen molar-refractivity contribution in [1.82, 2.24) is 5.32 Å². The largest absolute Gasteiger partial charge is 0.465 e. The highest BCUT2D eigenvalue weighted by molar-refractivity contribution is 6.30. The maximum absolute atomic E-state index is 11.8. The molecular formula is C14H20ClNO2. The van der Waals surface area contributed by atoms with Crippen molar-refractivity contribution in [2.45, 2.75) is 39.3 Å². The normalized spacial score (nSPS) is 12.5. The fourth-order valence-electron chi connectivity index (χ4n) is 1.71. The summed E-state index contributed by atoms with van der Waals surface area (Å²) in [5.74, 6) is -0.207. The molecule has 0 aliphatic rings. The van der Waals surface area contributed by atoms with E-state index in [0.717, 1.165) is 5.56 Å². The van der Waals surface area contributed by atoms with E-state index < -0.39 is 0 Å². The lowest BCUT2D eigenvalue weighted by Crippen LogP contribution is -2.43. The van der Waals surface area contributed by atoms with Crippen molar-refractivity contribution < 1.29 is 9.53 Å². The third-order valence-electron chi connectivity index (χ3n) is 2.46. The molecule has 18 heavy (non-hydrogen) atoms. The van der Waals surface area contributed by atoms with Gasteiger partial charge in [-0.25, -0.2) is 0 Å². The molecule has 0 aliphatic heterocycles. The van der Waals surface area contributed by atoms with Gasteiger partial charge in [0.05, 0.1) is 6.61 Å². The molecule has 1 aromatic carbocycles. The number of esters is 1. The molecule has 0 radical (unpaired) electrons. The first-order valence-electron chi connectivity index (χ1n) is 6.20. The van der Waals surface area contributed by atoms with E-state index in [1.165, 1.54) is 0 Å². The maximum Gasteiger partial charge on any atom is 0.323 e. The van der Waals surface area contributed by atoms with E-state index in [2.05, 4.69) is 5.32 Å². The first-order chi connectivity index (χ1) is 8.52. The molecule has 1 atom stereocenters. The number of benzene rings is 1. The fourth-order valence-corrected chi connectivity index (χ4v) is 1.84. The lowest BCUT2D eigenvalue weighted by molar-refractivity contribution is -0.145. The van der Waals surface area contributed by atoms with Crippen LogP contribution in [0, 0.1) is 0 Å². The van der Waals surface area contributed by atoms with Crippen LogP contribution in [0.2, 0.25) is 5.02 Å². The number of carbonyl (C=O) groups excluding carboxylic acids is 1. The standard InChI is InChI=1S/C14H20ClNO2/c1-4-18-14(17)13(16-10(2)3)9-11-5-7-12(15)8-6-11/h5-8,10,13,16H,4,9H2,1-3H3. The van der Waals surface area contributed by atoms with Gasteiger partial charge in [-0.05, 0) is 31.0 Å². The highest BCUT2D eigenvalue weighted by atomic mass is 35.5. The lowest BCUT2D eigenvalue weighted by atomic mass is 10.1. The Kier molecular flexibility index (Phi) is 6.16. The van der Waals surface area contributed by atoms with Crippen molar-refractivity contribution in [3.05, 3.63) is 34.9 Å². The molecule has 1 unspecified atom stereocenters. The van der Waals surface area contributed by atoms with Crippen LogP contribution in [0.1, 0.15) is 26.3 Å². The number of carbonyl (C=O) groups is 1. The zero-order valence-electron chi connectivity index (χ0n) is 11.1. The smallest absolute Gasteiger partial charge is 0.323 e. The number of halogens is 1. The summed E-state index contributed by atoms with van der Waals surface area (Å²) in [6.07, 6.45) is 0.605. The van der Waals surface area contributed by atoms with Crippen molar-refractivity contribution in [3.63, 3.8) is 0 Å². The van der Waals surface area contributed by atoms with Gasteiger partial charge in [0.2, 0.25) is 0 Å². The number of hydrogen-bond acceptors (Lipinski definition) is 3. The average molecular weight is 270 g/mol. The van der Waals surface area contributed by atoms with Crippen LogP contribution in [0.4, 0.5) is 0 Å². The Balaban J connectivity index is 2.71. The van der Waals surface area contributed by atoms with Crippen molar-refractivity contribution >= 4 is 17.6 Å². The van der Waals surface area contributed by atoms with Gasteiger partial charge >= 0.3 is 5.97 Å². The highest BCUT2D eigenvalue weighted by Gasteiger charge is 2.20. The number of ether oxygens (including phenoxy) is 1. The Hall–Kier alpha value is -1.06. The molecule has 1 aromatic rings. The molecular weight excluding hydrogens is 250 g/mol. The van der Waals surface area contributed by atoms with Crippen molar-refractivity contribution in [2.24, 2.45) is 0 Å². The minimum absolute atomic E-state index is 0.207. The van der Waals surface area contributed by atoms with Gasteiger partial charge in [0.1, 0.15) is 6.04 Å². The van der Waals surface area contributed by atoms with Gasteiger partial charge in [-0.1, -0.05) is 37.6 Å². The molecule has 1 rings (SSSR count). The van der Waals surface area contributed by atoms with Crippen molar-refractivity contribution in [3.8, 4) is 0 Å². The second-order valence-corrected chi connectivity index (χ2v) is 4.89. The van der Waals surface area contributed by atoms with E-state index in [0.29, 0.717) is 18.1 Å². The van der Waals surface area contributed by atoms with Crippen molar-refractivity contribution in [2.75, 3.05) is 6.61 Å². The molecule has 0 saturated heterocycles. The average Bonchev–Trinajstić information content (AvgIpc) is 2.31. The fraction of sp³-hybridized carbons (Fsp3) is 0.500. The van der Waals surface area contributed by atoms with Crippen LogP contribution in [-0.4, -0.2) is 24.7 Å². The first-order valence-corrected chi connectivity index (χ1v) is 6.57. The van der Waals surface area contributed by atoms with Crippen LogP contribution < -0.4 is 5.32 Å². The highest BCUT2D eigenvalue weighted by Crippen LogP contribution is 2.12. The number of rotatable bonds is 6. The molecule has 0 fully saturated rings. The van der Waals surface area contributed by atoms with E-state index in [-0.39, 0.29) is 18.1 Å². The maximum atomic E-state index is 11.8. The Morgan fingerprint density at radius 2 is 1.94 bits per heavy atom. The van der Waals surface area contributed by atoms with Gasteiger partial charge in [0.15, 0.2) is 0 Å². The molecule has 100 valence electrons.